The Kier molecular flexibility index (Phi) is 5.54. The highest BCUT2D eigenvalue weighted by atomic mass is 16.5. The molecule has 0 aromatic heterocycles. The Bertz CT molecular complexity index is 755. The normalized spacial score (nSPS) is 10.3. The van der Waals surface area contributed by atoms with Crippen molar-refractivity contribution >= 4 is 11.9 Å². The van der Waals surface area contributed by atoms with Gasteiger partial charge < -0.3 is 9.47 Å². The Labute approximate surface area is 135 Å². The molecule has 0 fully saturated rings. The van der Waals surface area contributed by atoms with Gasteiger partial charge in [0.05, 0.1) is 25.3 Å². The minimum absolute atomic E-state index is 0.140. The van der Waals surface area contributed by atoms with Crippen LogP contribution in [0.5, 0.6) is 11.5 Å². The summed E-state index contributed by atoms with van der Waals surface area (Å²) in [4.78, 5) is 12.2. The maximum atomic E-state index is 12.2. The van der Waals surface area contributed by atoms with Gasteiger partial charge >= 0.3 is 0 Å². The molecule has 0 aliphatic rings. The Morgan fingerprint density at radius 3 is 2.57 bits per heavy atom. The summed E-state index contributed by atoms with van der Waals surface area (Å²) >= 11 is 0. The average Bonchev–Trinajstić information content (AvgIpc) is 2.60. The third-order valence-corrected chi connectivity index (χ3v) is 3.23. The first kappa shape index (κ1) is 16.3. The molecule has 0 saturated carbocycles. The van der Waals surface area contributed by atoms with Crippen molar-refractivity contribution in [1.82, 2.24) is 0 Å². The SMILES string of the molecule is CCOc1cccc(C=CC(=O)c2ccc(C#N)cc2)c1OC. The van der Waals surface area contributed by atoms with Gasteiger partial charge in [-0.1, -0.05) is 12.1 Å². The van der Waals surface area contributed by atoms with Crippen LogP contribution in [0.25, 0.3) is 6.08 Å². The van der Waals surface area contributed by atoms with Crippen molar-refractivity contribution in [3.8, 4) is 17.6 Å². The van der Waals surface area contributed by atoms with E-state index in [-0.39, 0.29) is 5.78 Å². The average molecular weight is 307 g/mol. The van der Waals surface area contributed by atoms with Crippen molar-refractivity contribution in [1.29, 1.82) is 5.26 Å². The lowest BCUT2D eigenvalue weighted by molar-refractivity contribution is 0.104. The van der Waals surface area contributed by atoms with Crippen molar-refractivity contribution in [2.45, 2.75) is 6.92 Å². The predicted molar refractivity (Wildman–Crippen MR) is 88.7 cm³/mol. The fourth-order valence-corrected chi connectivity index (χ4v) is 2.12. The molecule has 23 heavy (non-hydrogen) atoms. The van der Waals surface area contributed by atoms with Gasteiger partial charge in [-0.25, -0.2) is 0 Å². The summed E-state index contributed by atoms with van der Waals surface area (Å²) < 4.78 is 10.9. The number of carbonyl (C=O) groups excluding carboxylic acids is 1. The number of hydrogen-bond acceptors (Lipinski definition) is 4. The smallest absolute Gasteiger partial charge is 0.185 e. The van der Waals surface area contributed by atoms with Gasteiger partial charge in [0.25, 0.3) is 0 Å². The number of methoxy groups -OCH3 is 1. The highest BCUT2D eigenvalue weighted by Gasteiger charge is 2.08. The molecule has 0 saturated heterocycles. The van der Waals surface area contributed by atoms with E-state index in [4.69, 9.17) is 14.7 Å². The predicted octanol–water partition coefficient (Wildman–Crippen LogP) is 3.86. The second-order valence-corrected chi connectivity index (χ2v) is 4.70. The number of nitriles is 1. The van der Waals surface area contributed by atoms with Gasteiger partial charge in [-0.15, -0.1) is 0 Å². The lowest BCUT2D eigenvalue weighted by Crippen LogP contribution is -1.97. The fourth-order valence-electron chi connectivity index (χ4n) is 2.12. The second-order valence-electron chi connectivity index (χ2n) is 4.70. The van der Waals surface area contributed by atoms with Gasteiger partial charge in [-0.3, -0.25) is 4.79 Å². The van der Waals surface area contributed by atoms with E-state index in [0.717, 1.165) is 5.56 Å². The quantitative estimate of drug-likeness (QED) is 0.600. The van der Waals surface area contributed by atoms with Crippen molar-refractivity contribution in [3.63, 3.8) is 0 Å². The molecule has 0 atom stereocenters. The largest absolute Gasteiger partial charge is 0.492 e. The van der Waals surface area contributed by atoms with Gasteiger partial charge in [-0.05, 0) is 49.4 Å². The lowest BCUT2D eigenvalue weighted by atomic mass is 10.1. The molecular weight excluding hydrogens is 290 g/mol. The van der Waals surface area contributed by atoms with Crippen molar-refractivity contribution in [3.05, 3.63) is 65.2 Å². The third-order valence-electron chi connectivity index (χ3n) is 3.23. The summed E-state index contributed by atoms with van der Waals surface area (Å²) in [6, 6.07) is 14.1. The first-order valence-corrected chi connectivity index (χ1v) is 7.22. The van der Waals surface area contributed by atoms with Crippen LogP contribution in [0, 0.1) is 11.3 Å². The Hall–Kier alpha value is -3.06. The molecule has 0 amide bonds. The number of para-hydroxylation sites is 1. The van der Waals surface area contributed by atoms with E-state index >= 15 is 0 Å². The molecule has 4 heteroatoms. The number of allylic oxidation sites excluding steroid dienone is 1. The zero-order valence-corrected chi connectivity index (χ0v) is 13.1. The summed E-state index contributed by atoms with van der Waals surface area (Å²) in [7, 11) is 1.57. The van der Waals surface area contributed by atoms with E-state index in [1.165, 1.54) is 6.08 Å². The maximum absolute atomic E-state index is 12.2. The first-order valence-electron chi connectivity index (χ1n) is 7.22. The summed E-state index contributed by atoms with van der Waals surface area (Å²) in [5.41, 5.74) is 1.82. The summed E-state index contributed by atoms with van der Waals surface area (Å²) in [5.74, 6) is 1.10. The Balaban J connectivity index is 2.23. The molecule has 2 aromatic rings. The van der Waals surface area contributed by atoms with Crippen LogP contribution in [0.15, 0.2) is 48.5 Å². The minimum atomic E-state index is -0.140. The molecule has 116 valence electrons. The molecule has 0 N–H and O–H groups in total. The van der Waals surface area contributed by atoms with Crippen LogP contribution < -0.4 is 9.47 Å². The van der Waals surface area contributed by atoms with Crippen LogP contribution >= 0.6 is 0 Å². The number of ketones is 1. The molecule has 0 aliphatic carbocycles. The van der Waals surface area contributed by atoms with E-state index in [9.17, 15) is 4.79 Å². The van der Waals surface area contributed by atoms with Crippen LogP contribution in [-0.4, -0.2) is 19.5 Å². The van der Waals surface area contributed by atoms with Gasteiger partial charge in [-0.2, -0.15) is 5.26 Å². The highest BCUT2D eigenvalue weighted by molar-refractivity contribution is 6.07. The van der Waals surface area contributed by atoms with Gasteiger partial charge in [0.1, 0.15) is 0 Å². The lowest BCUT2D eigenvalue weighted by Gasteiger charge is -2.11. The number of ether oxygens (including phenoxy) is 2. The van der Waals surface area contributed by atoms with E-state index in [1.54, 1.807) is 37.5 Å². The standard InChI is InChI=1S/C19H17NO3/c1-3-23-18-6-4-5-16(19(18)22-2)11-12-17(21)15-9-7-14(13-20)8-10-15/h4-12H,3H2,1-2H3. The molecule has 2 aromatic carbocycles. The summed E-state index contributed by atoms with van der Waals surface area (Å²) in [5, 5.41) is 8.77. The zero-order chi connectivity index (χ0) is 16.7. The number of carbonyl (C=O) groups is 1. The number of rotatable bonds is 6. The van der Waals surface area contributed by atoms with Crippen molar-refractivity contribution < 1.29 is 14.3 Å². The summed E-state index contributed by atoms with van der Waals surface area (Å²) in [6.07, 6.45) is 3.18. The van der Waals surface area contributed by atoms with E-state index in [0.29, 0.717) is 29.2 Å². The monoisotopic (exact) mass is 307 g/mol. The number of benzene rings is 2. The molecule has 0 unspecified atom stereocenters. The van der Waals surface area contributed by atoms with Crippen molar-refractivity contribution in [2.75, 3.05) is 13.7 Å². The van der Waals surface area contributed by atoms with Gasteiger partial charge in [0.2, 0.25) is 0 Å². The third kappa shape index (κ3) is 3.98. The van der Waals surface area contributed by atoms with E-state index < -0.39 is 0 Å². The second kappa shape index (κ2) is 7.81. The molecule has 0 spiro atoms. The molecule has 0 heterocycles. The highest BCUT2D eigenvalue weighted by Crippen LogP contribution is 2.31. The molecular formula is C19H17NO3. The van der Waals surface area contributed by atoms with Crippen LogP contribution in [-0.2, 0) is 0 Å². The Morgan fingerprint density at radius 1 is 1.22 bits per heavy atom. The zero-order valence-electron chi connectivity index (χ0n) is 13.1. The topological polar surface area (TPSA) is 59.3 Å². The molecule has 0 bridgehead atoms. The Morgan fingerprint density at radius 2 is 1.96 bits per heavy atom. The molecule has 4 nitrogen and oxygen atoms in total. The van der Waals surface area contributed by atoms with Crippen LogP contribution in [0.1, 0.15) is 28.4 Å². The minimum Gasteiger partial charge on any atom is -0.492 e. The van der Waals surface area contributed by atoms with E-state index in [1.807, 2.05) is 31.2 Å². The van der Waals surface area contributed by atoms with Crippen molar-refractivity contribution in [2.24, 2.45) is 0 Å². The van der Waals surface area contributed by atoms with Crippen LogP contribution in [0.3, 0.4) is 0 Å². The van der Waals surface area contributed by atoms with E-state index in [2.05, 4.69) is 0 Å². The van der Waals surface area contributed by atoms with Gasteiger partial charge in [0, 0.05) is 11.1 Å². The molecule has 0 radical (unpaired) electrons. The summed E-state index contributed by atoms with van der Waals surface area (Å²) in [6.45, 7) is 2.43. The first-order chi connectivity index (χ1) is 11.2. The molecule has 0 aliphatic heterocycles. The molecule has 2 rings (SSSR count). The number of hydrogen-bond donors (Lipinski definition) is 0. The number of nitrogens with zero attached hydrogens (tertiary/aromatic N) is 1. The van der Waals surface area contributed by atoms with Gasteiger partial charge in [0.15, 0.2) is 17.3 Å². The maximum Gasteiger partial charge on any atom is 0.185 e. The van der Waals surface area contributed by atoms with Crippen LogP contribution in [0.4, 0.5) is 0 Å². The fraction of sp³-hybridized carbons (Fsp3) is 0.158. The van der Waals surface area contributed by atoms with Crippen LogP contribution in [0.2, 0.25) is 0 Å².